The van der Waals surface area contributed by atoms with Gasteiger partial charge in [0.1, 0.15) is 0 Å². The summed E-state index contributed by atoms with van der Waals surface area (Å²) in [6, 6.07) is 0. The average Bonchev–Trinajstić information content (AvgIpc) is 2.19. The summed E-state index contributed by atoms with van der Waals surface area (Å²) in [6.45, 7) is 3.63. The second kappa shape index (κ2) is 9.83. The van der Waals surface area contributed by atoms with Crippen LogP contribution in [0.5, 0.6) is 0 Å². The summed E-state index contributed by atoms with van der Waals surface area (Å²) in [6.07, 6.45) is 11.3. The van der Waals surface area contributed by atoms with Crippen LogP contribution in [-0.2, 0) is 21.1 Å². The molecule has 3 heteroatoms. The van der Waals surface area contributed by atoms with E-state index >= 15 is 0 Å². The Hall–Kier alpha value is -0.172. The summed E-state index contributed by atoms with van der Waals surface area (Å²) in [7, 11) is 0. The van der Waals surface area contributed by atoms with E-state index < -0.39 is 0 Å². The maximum Gasteiger partial charge on any atom is 0 e. The molecule has 0 saturated carbocycles. The van der Waals surface area contributed by atoms with Crippen molar-refractivity contribution in [3.8, 4) is 0 Å². The molecule has 0 heterocycles. The SMILES string of the molecule is C=CCC1=[C-]CC=C1.O.O.[W]. The summed E-state index contributed by atoms with van der Waals surface area (Å²) in [5, 5.41) is 0. The van der Waals surface area contributed by atoms with Crippen molar-refractivity contribution in [3.05, 3.63) is 36.5 Å². The summed E-state index contributed by atoms with van der Waals surface area (Å²) in [4.78, 5) is 0. The summed E-state index contributed by atoms with van der Waals surface area (Å²) in [5.74, 6) is 0. The van der Waals surface area contributed by atoms with Crippen LogP contribution in [0.15, 0.2) is 30.4 Å². The van der Waals surface area contributed by atoms with Crippen molar-refractivity contribution in [2.45, 2.75) is 12.8 Å². The fourth-order valence-electron chi connectivity index (χ4n) is 0.746. The van der Waals surface area contributed by atoms with Gasteiger partial charge in [0.05, 0.1) is 0 Å². The molecular formula is C8H13O2W-. The van der Waals surface area contributed by atoms with Crippen LogP contribution in [0, 0.1) is 6.08 Å². The van der Waals surface area contributed by atoms with Crippen molar-refractivity contribution < 1.29 is 32.0 Å². The Bertz CT molecular complexity index is 150. The molecule has 0 saturated heterocycles. The molecule has 2 nitrogen and oxygen atoms in total. The molecule has 1 aliphatic carbocycles. The van der Waals surface area contributed by atoms with Crippen LogP contribution in [0.4, 0.5) is 0 Å². The Labute approximate surface area is 81.6 Å². The van der Waals surface area contributed by atoms with Crippen LogP contribution in [0.1, 0.15) is 12.8 Å². The van der Waals surface area contributed by atoms with Gasteiger partial charge < -0.3 is 11.0 Å². The van der Waals surface area contributed by atoms with Crippen LogP contribution in [0.2, 0.25) is 0 Å². The summed E-state index contributed by atoms with van der Waals surface area (Å²) in [5.41, 5.74) is 1.28. The zero-order valence-corrected chi connectivity index (χ0v) is 9.20. The van der Waals surface area contributed by atoms with Crippen molar-refractivity contribution in [3.63, 3.8) is 0 Å². The minimum absolute atomic E-state index is 0. The smallest absolute Gasteiger partial charge is 0 e. The second-order valence-electron chi connectivity index (χ2n) is 1.80. The van der Waals surface area contributed by atoms with Gasteiger partial charge in [-0.2, -0.15) is 6.08 Å². The topological polar surface area (TPSA) is 63.0 Å². The van der Waals surface area contributed by atoms with E-state index in [1.165, 1.54) is 5.57 Å². The van der Waals surface area contributed by atoms with Crippen molar-refractivity contribution in [2.75, 3.05) is 0 Å². The molecule has 0 aliphatic heterocycles. The number of rotatable bonds is 2. The van der Waals surface area contributed by atoms with E-state index in [4.69, 9.17) is 0 Å². The third kappa shape index (κ3) is 6.24. The van der Waals surface area contributed by atoms with Gasteiger partial charge in [0.15, 0.2) is 0 Å². The molecular weight excluding hydrogens is 312 g/mol. The van der Waals surface area contributed by atoms with E-state index in [-0.39, 0.29) is 32.0 Å². The monoisotopic (exact) mass is 325 g/mol. The first-order valence-electron chi connectivity index (χ1n) is 2.80. The predicted octanol–water partition coefficient (Wildman–Crippen LogP) is 0.600. The average molecular weight is 325 g/mol. The van der Waals surface area contributed by atoms with Gasteiger partial charge in [-0.05, 0) is 6.42 Å². The molecule has 0 fully saturated rings. The van der Waals surface area contributed by atoms with E-state index in [0.29, 0.717) is 0 Å². The van der Waals surface area contributed by atoms with E-state index in [0.717, 1.165) is 12.8 Å². The zero-order chi connectivity index (χ0) is 5.82. The van der Waals surface area contributed by atoms with Gasteiger partial charge in [0.2, 0.25) is 0 Å². The van der Waals surface area contributed by atoms with Gasteiger partial charge in [0, 0.05) is 21.1 Å². The van der Waals surface area contributed by atoms with E-state index in [2.05, 4.69) is 24.8 Å². The standard InChI is InChI=1S/C8H9.2H2O.W/c1-2-5-8-6-3-4-7-8;;;/h2-3,6H,1,4-5H2;2*1H2;/q-1;;;. The summed E-state index contributed by atoms with van der Waals surface area (Å²) < 4.78 is 0. The molecule has 1 aliphatic rings. The van der Waals surface area contributed by atoms with E-state index in [9.17, 15) is 0 Å². The fourth-order valence-corrected chi connectivity index (χ4v) is 0.746. The molecule has 4 N–H and O–H groups in total. The van der Waals surface area contributed by atoms with Gasteiger partial charge in [-0.1, -0.05) is 6.08 Å². The fraction of sp³-hybridized carbons (Fsp3) is 0.250. The van der Waals surface area contributed by atoms with E-state index in [1.54, 1.807) is 0 Å². The van der Waals surface area contributed by atoms with Crippen LogP contribution < -0.4 is 0 Å². The molecule has 64 valence electrons. The Morgan fingerprint density at radius 3 is 2.55 bits per heavy atom. The molecule has 0 aromatic heterocycles. The van der Waals surface area contributed by atoms with Gasteiger partial charge in [-0.15, -0.1) is 13.0 Å². The van der Waals surface area contributed by atoms with Gasteiger partial charge in [-0.3, -0.25) is 6.08 Å². The van der Waals surface area contributed by atoms with Crippen LogP contribution >= 0.6 is 0 Å². The van der Waals surface area contributed by atoms with Gasteiger partial charge >= 0.3 is 0 Å². The Morgan fingerprint density at radius 1 is 1.55 bits per heavy atom. The zero-order valence-electron chi connectivity index (χ0n) is 6.26. The predicted molar refractivity (Wildman–Crippen MR) is 42.6 cm³/mol. The molecule has 0 unspecified atom stereocenters. The maximum atomic E-state index is 3.63. The molecule has 0 aromatic rings. The molecule has 11 heavy (non-hydrogen) atoms. The Balaban J connectivity index is -0.000000213. The third-order valence-corrected chi connectivity index (χ3v) is 1.13. The van der Waals surface area contributed by atoms with Gasteiger partial charge in [-0.25, -0.2) is 11.6 Å². The molecule has 0 radical (unpaired) electrons. The second-order valence-corrected chi connectivity index (χ2v) is 1.80. The van der Waals surface area contributed by atoms with Crippen LogP contribution in [0.3, 0.4) is 0 Å². The first-order valence-corrected chi connectivity index (χ1v) is 2.80. The van der Waals surface area contributed by atoms with Gasteiger partial charge in [0.25, 0.3) is 0 Å². The number of hydrogen-bond donors (Lipinski definition) is 0. The molecule has 0 bridgehead atoms. The summed E-state index contributed by atoms with van der Waals surface area (Å²) >= 11 is 0. The number of hydrogen-bond acceptors (Lipinski definition) is 0. The van der Waals surface area contributed by atoms with Crippen molar-refractivity contribution >= 4 is 0 Å². The Kier molecular flexibility index (Phi) is 15.2. The normalized spacial score (nSPS) is 11.8. The third-order valence-electron chi connectivity index (χ3n) is 1.13. The minimum atomic E-state index is 0. The quantitative estimate of drug-likeness (QED) is 0.527. The largest absolute Gasteiger partial charge is 0.412 e. The maximum absolute atomic E-state index is 3.63. The molecule has 1 rings (SSSR count). The molecule has 0 aromatic carbocycles. The van der Waals surface area contributed by atoms with Crippen molar-refractivity contribution in [1.29, 1.82) is 0 Å². The Morgan fingerprint density at radius 2 is 2.18 bits per heavy atom. The minimum Gasteiger partial charge on any atom is -0.412 e. The van der Waals surface area contributed by atoms with Crippen molar-refractivity contribution in [2.24, 2.45) is 0 Å². The van der Waals surface area contributed by atoms with Crippen LogP contribution in [0.25, 0.3) is 0 Å². The molecule has 0 amide bonds. The van der Waals surface area contributed by atoms with Crippen molar-refractivity contribution in [1.82, 2.24) is 0 Å². The molecule has 0 atom stereocenters. The number of allylic oxidation sites excluding steroid dienone is 5. The first-order chi connectivity index (χ1) is 3.93. The van der Waals surface area contributed by atoms with E-state index in [1.807, 2.05) is 6.08 Å². The van der Waals surface area contributed by atoms with Crippen LogP contribution in [-0.4, -0.2) is 11.0 Å². The molecule has 0 spiro atoms. The first kappa shape index (κ1) is 17.1.